The number of hydrogen-bond acceptors (Lipinski definition) is 13. The summed E-state index contributed by atoms with van der Waals surface area (Å²) in [6.45, 7) is 20.3. The van der Waals surface area contributed by atoms with Gasteiger partial charge in [0.25, 0.3) is 11.8 Å². The number of carbonyl (C=O) groups excluding carboxylic acids is 4. The van der Waals surface area contributed by atoms with E-state index in [9.17, 15) is 29.5 Å². The summed E-state index contributed by atoms with van der Waals surface area (Å²) in [6, 6.07) is 22.0. The minimum absolute atomic E-state index is 0.00183. The summed E-state index contributed by atoms with van der Waals surface area (Å²) in [7, 11) is 0. The van der Waals surface area contributed by atoms with Crippen LogP contribution < -0.4 is 25.0 Å². The Morgan fingerprint density at radius 1 is 0.947 bits per heavy atom. The minimum Gasteiger partial charge on any atom is -0.492 e. The zero-order valence-corrected chi connectivity index (χ0v) is 45.4. The number of benzene rings is 3. The van der Waals surface area contributed by atoms with Gasteiger partial charge in [-0.05, 0) is 72.9 Å². The second-order valence-corrected chi connectivity index (χ2v) is 23.1. The predicted octanol–water partition coefficient (Wildman–Crippen LogP) is 7.67. The van der Waals surface area contributed by atoms with Gasteiger partial charge in [0.2, 0.25) is 11.8 Å². The SMILES string of the molecule is Cc1ncsc1-c1ccc([C@H](C)NC(=O)[C@@H]2C[C@@H](O)CN2C(=O)[C@H](C(C)C)N2Cc3ccc(OCCN4CCN(c5ccc(C(=O)N[C@H]6C(C)(C)[C@H](Oc7ccc(C#N)c(Cl)c7)C6(C)C)cn5)CC4)cc3C2=O)cc1. The van der Waals surface area contributed by atoms with Crippen molar-refractivity contribution in [2.24, 2.45) is 16.7 Å². The number of aliphatic hydroxyl groups excluding tert-OH is 1. The highest BCUT2D eigenvalue weighted by Crippen LogP contribution is 2.55. The van der Waals surface area contributed by atoms with E-state index in [1.165, 1.54) is 4.90 Å². The molecule has 3 fully saturated rings. The number of thiazole rings is 1. The maximum atomic E-state index is 14.5. The molecule has 9 rings (SSSR count). The molecule has 3 aliphatic heterocycles. The molecule has 1 saturated carbocycles. The van der Waals surface area contributed by atoms with Crippen LogP contribution in [0.15, 0.2) is 84.5 Å². The third-order valence-electron chi connectivity index (χ3n) is 15.6. The maximum Gasteiger partial charge on any atom is 0.255 e. The molecule has 75 heavy (non-hydrogen) atoms. The zero-order chi connectivity index (χ0) is 53.5. The molecule has 3 aromatic carbocycles. The number of amides is 4. The highest BCUT2D eigenvalue weighted by Gasteiger charge is 2.64. The summed E-state index contributed by atoms with van der Waals surface area (Å²) in [5, 5.41) is 26.7. The number of aryl methyl sites for hydroxylation is 1. The standard InChI is InChI=1S/C57H66ClN9O7S/c1-33(2)48(53(72)66-31-41(68)25-46(66)51(70)62-34(3)36-9-11-37(12-10-36)49-35(4)61-32-75-49)67-30-40-14-16-42(26-44(40)52(67)71)73-24-23-64-19-21-65(22-20-64)47-18-15-39(29-60-47)50(69)63-54-56(5,6)55(57(54,7)8)74-43-17-13-38(28-59)45(58)27-43/h9-18,26-27,29,32-34,41,46,48,54-55,68H,19-25,30-31H2,1-8H3,(H,62,70)(H,63,69)/t34-,41+,46-,48-,54-,55-/m0/s1. The van der Waals surface area contributed by atoms with Gasteiger partial charge >= 0.3 is 0 Å². The number of carbonyl (C=O) groups is 4. The van der Waals surface area contributed by atoms with Gasteiger partial charge in [-0.25, -0.2) is 9.97 Å². The second-order valence-electron chi connectivity index (χ2n) is 21.8. The maximum absolute atomic E-state index is 14.5. The smallest absolute Gasteiger partial charge is 0.255 e. The molecule has 2 aromatic heterocycles. The summed E-state index contributed by atoms with van der Waals surface area (Å²) >= 11 is 7.85. The molecule has 2 saturated heterocycles. The topological polar surface area (TPSA) is 194 Å². The van der Waals surface area contributed by atoms with Crippen LogP contribution in [-0.4, -0.2) is 130 Å². The number of β-amino-alcohol motifs (C(OH)–C–C–N with tert-alkyl or cyclic N) is 1. The molecule has 0 spiro atoms. The van der Waals surface area contributed by atoms with Crippen molar-refractivity contribution in [3.63, 3.8) is 0 Å². The molecule has 3 N–H and O–H groups in total. The molecule has 0 unspecified atom stereocenters. The number of halogens is 1. The minimum atomic E-state index is -0.887. The Morgan fingerprint density at radius 3 is 2.31 bits per heavy atom. The van der Waals surface area contributed by atoms with Crippen LogP contribution in [0.2, 0.25) is 5.02 Å². The molecule has 4 aliphatic rings. The quantitative estimate of drug-likeness (QED) is 0.0875. The van der Waals surface area contributed by atoms with E-state index in [1.54, 1.807) is 46.7 Å². The molecular formula is C57H66ClN9O7S. The lowest BCUT2D eigenvalue weighted by atomic mass is 9.49. The molecule has 0 bridgehead atoms. The van der Waals surface area contributed by atoms with E-state index >= 15 is 0 Å². The first-order valence-corrected chi connectivity index (χ1v) is 27.0. The Balaban J connectivity index is 0.734. The van der Waals surface area contributed by atoms with Gasteiger partial charge < -0.3 is 39.9 Å². The van der Waals surface area contributed by atoms with Crippen LogP contribution in [0.4, 0.5) is 5.82 Å². The number of anilines is 1. The van der Waals surface area contributed by atoms with Gasteiger partial charge in [-0.3, -0.25) is 24.1 Å². The van der Waals surface area contributed by atoms with Gasteiger partial charge in [0.05, 0.1) is 44.4 Å². The normalized spacial score (nSPS) is 21.7. The number of rotatable bonds is 16. The first-order chi connectivity index (χ1) is 35.7. The van der Waals surface area contributed by atoms with Crippen LogP contribution in [0.5, 0.6) is 11.5 Å². The van der Waals surface area contributed by atoms with Crippen molar-refractivity contribution in [3.8, 4) is 28.0 Å². The van der Waals surface area contributed by atoms with Crippen molar-refractivity contribution >= 4 is 52.4 Å². The van der Waals surface area contributed by atoms with E-state index in [0.29, 0.717) is 46.4 Å². The van der Waals surface area contributed by atoms with Gasteiger partial charge in [-0.1, -0.05) is 83.5 Å². The van der Waals surface area contributed by atoms with Crippen molar-refractivity contribution in [1.29, 1.82) is 5.26 Å². The van der Waals surface area contributed by atoms with Crippen molar-refractivity contribution in [1.82, 2.24) is 35.3 Å². The summed E-state index contributed by atoms with van der Waals surface area (Å²) in [6.07, 6.45) is 0.644. The number of pyridine rings is 1. The van der Waals surface area contributed by atoms with Gasteiger partial charge in [0.1, 0.15) is 48.2 Å². The Bertz CT molecular complexity index is 2970. The predicted molar refractivity (Wildman–Crippen MR) is 288 cm³/mol. The molecule has 1 aliphatic carbocycles. The summed E-state index contributed by atoms with van der Waals surface area (Å²) in [4.78, 5) is 73.7. The lowest BCUT2D eigenvalue weighted by molar-refractivity contribution is -0.164. The molecule has 5 aromatic rings. The first kappa shape index (κ1) is 53.3. The number of likely N-dealkylation sites (tertiary alicyclic amines) is 1. The van der Waals surface area contributed by atoms with Gasteiger partial charge in [-0.2, -0.15) is 5.26 Å². The van der Waals surface area contributed by atoms with Crippen LogP contribution in [0.1, 0.15) is 104 Å². The van der Waals surface area contributed by atoms with E-state index < -0.39 is 29.0 Å². The lowest BCUT2D eigenvalue weighted by Crippen LogP contribution is -2.74. The molecule has 0 radical (unpaired) electrons. The molecule has 16 nitrogen and oxygen atoms in total. The number of aromatic nitrogens is 2. The zero-order valence-electron chi connectivity index (χ0n) is 43.8. The first-order valence-electron chi connectivity index (χ1n) is 25.7. The highest BCUT2D eigenvalue weighted by atomic mass is 35.5. The van der Waals surface area contributed by atoms with Crippen molar-refractivity contribution in [2.45, 2.75) is 105 Å². The molecular weight excluding hydrogens is 990 g/mol. The Kier molecular flexibility index (Phi) is 15.3. The lowest BCUT2D eigenvalue weighted by Gasteiger charge is -2.63. The van der Waals surface area contributed by atoms with Crippen LogP contribution >= 0.6 is 22.9 Å². The Morgan fingerprint density at radius 2 is 1.67 bits per heavy atom. The summed E-state index contributed by atoms with van der Waals surface area (Å²) in [5.74, 6) is 0.486. The second kappa shape index (κ2) is 21.6. The van der Waals surface area contributed by atoms with E-state index in [-0.39, 0.29) is 67.2 Å². The van der Waals surface area contributed by atoms with Gasteiger partial charge in [-0.15, -0.1) is 11.3 Å². The van der Waals surface area contributed by atoms with Crippen LogP contribution in [-0.2, 0) is 16.1 Å². The molecule has 5 heterocycles. The number of nitriles is 1. The van der Waals surface area contributed by atoms with Crippen molar-refractivity contribution in [3.05, 3.63) is 123 Å². The number of hydrogen-bond donors (Lipinski definition) is 3. The summed E-state index contributed by atoms with van der Waals surface area (Å²) < 4.78 is 12.6. The van der Waals surface area contributed by atoms with E-state index in [0.717, 1.165) is 59.3 Å². The van der Waals surface area contributed by atoms with E-state index in [1.807, 2.05) is 81.7 Å². The average molecular weight is 1060 g/mol. The van der Waals surface area contributed by atoms with E-state index in [2.05, 4.69) is 64.2 Å². The fourth-order valence-electron chi connectivity index (χ4n) is 11.8. The average Bonchev–Trinajstić information content (AvgIpc) is 4.10. The van der Waals surface area contributed by atoms with Crippen LogP contribution in [0, 0.1) is 35.0 Å². The van der Waals surface area contributed by atoms with E-state index in [4.69, 9.17) is 21.1 Å². The monoisotopic (exact) mass is 1060 g/mol. The molecule has 18 heteroatoms. The Hall–Kier alpha value is -6.58. The van der Waals surface area contributed by atoms with Crippen molar-refractivity contribution < 1.29 is 33.8 Å². The number of fused-ring (bicyclic) bond motifs is 1. The number of aliphatic hydroxyl groups is 1. The third-order valence-corrected chi connectivity index (χ3v) is 16.9. The van der Waals surface area contributed by atoms with Gasteiger partial charge in [0.15, 0.2) is 0 Å². The van der Waals surface area contributed by atoms with Crippen molar-refractivity contribution in [2.75, 3.05) is 50.8 Å². The Labute approximate surface area is 448 Å². The van der Waals surface area contributed by atoms with Gasteiger partial charge in [0, 0.05) is 86.9 Å². The fourth-order valence-corrected chi connectivity index (χ4v) is 12.8. The molecule has 4 amide bonds. The largest absolute Gasteiger partial charge is 0.492 e. The van der Waals surface area contributed by atoms with Crippen LogP contribution in [0.25, 0.3) is 10.4 Å². The third kappa shape index (κ3) is 10.8. The number of nitrogens with one attached hydrogen (secondary N) is 2. The highest BCUT2D eigenvalue weighted by molar-refractivity contribution is 7.13. The molecule has 4 atom stereocenters. The summed E-state index contributed by atoms with van der Waals surface area (Å²) in [5.41, 5.74) is 6.09. The molecule has 394 valence electrons. The fraction of sp³-hybridized carbons (Fsp3) is 0.456. The number of piperazine rings is 1. The number of ether oxygens (including phenoxy) is 2. The van der Waals surface area contributed by atoms with Crippen LogP contribution in [0.3, 0.4) is 0 Å². The number of nitrogens with zero attached hydrogens (tertiary/aromatic N) is 7.